The molecule has 30 heavy (non-hydrogen) atoms. The van der Waals surface area contributed by atoms with Gasteiger partial charge in [0.2, 0.25) is 0 Å². The Morgan fingerprint density at radius 2 is 1.73 bits per heavy atom. The maximum atomic E-state index is 10.3. The molecule has 0 radical (unpaired) electrons. The number of rotatable bonds is 6. The van der Waals surface area contributed by atoms with Gasteiger partial charge in [-0.2, -0.15) is 0 Å². The smallest absolute Gasteiger partial charge is 0.0543 e. The Labute approximate surface area is 187 Å². The highest BCUT2D eigenvalue weighted by atomic mass is 16.3. The fraction of sp³-hybridized carbons (Fsp3) is 0.931. The van der Waals surface area contributed by atoms with Gasteiger partial charge in [-0.05, 0) is 111 Å². The van der Waals surface area contributed by atoms with Crippen molar-refractivity contribution in [3.8, 4) is 0 Å². The van der Waals surface area contributed by atoms with Crippen LogP contribution in [0.3, 0.4) is 0 Å². The lowest BCUT2D eigenvalue weighted by molar-refractivity contribution is -0.0381. The molecule has 3 saturated carbocycles. The number of hydrogen-bond acceptors (Lipinski definition) is 1. The number of hydrogen-bond donors (Lipinski definition) is 1. The number of fused-ring (bicyclic) bond motifs is 4. The molecule has 1 heteroatoms. The maximum Gasteiger partial charge on any atom is 0.0543 e. The molecule has 4 rings (SSSR count). The lowest BCUT2D eigenvalue weighted by atomic mass is 9.49. The van der Waals surface area contributed by atoms with Crippen molar-refractivity contribution in [2.75, 3.05) is 0 Å². The highest BCUT2D eigenvalue weighted by molar-refractivity contribution is 5.34. The summed E-state index contributed by atoms with van der Waals surface area (Å²) in [6.45, 7) is 15.1. The predicted molar refractivity (Wildman–Crippen MR) is 128 cm³/mol. The maximum absolute atomic E-state index is 10.3. The van der Waals surface area contributed by atoms with E-state index in [1.165, 1.54) is 64.2 Å². The molecule has 1 nitrogen and oxygen atoms in total. The van der Waals surface area contributed by atoms with Crippen molar-refractivity contribution in [1.29, 1.82) is 0 Å². The van der Waals surface area contributed by atoms with E-state index in [0.717, 1.165) is 48.3 Å². The second-order valence-corrected chi connectivity index (χ2v) is 12.8. The molecule has 4 aliphatic rings. The van der Waals surface area contributed by atoms with Crippen LogP contribution in [0.1, 0.15) is 119 Å². The summed E-state index contributed by atoms with van der Waals surface area (Å²) in [5.74, 6) is 5.11. The van der Waals surface area contributed by atoms with Crippen molar-refractivity contribution in [3.05, 3.63) is 11.1 Å². The van der Waals surface area contributed by atoms with E-state index in [2.05, 4.69) is 41.5 Å². The molecule has 1 N–H and O–H groups in total. The standard InChI is InChI=1S/C29H50O/c1-7-21(19(2)3)9-8-20(4)25-12-13-26-24-11-10-22-18-23(30)14-16-28(22,5)27(24)15-17-29(25,26)6/h19-23,25,27,30H,7-18H2,1-6H3/t20-,21-,22+,23-,25+,27+,28+,29-/m1/s1. The first kappa shape index (κ1) is 22.9. The summed E-state index contributed by atoms with van der Waals surface area (Å²) < 4.78 is 0. The highest BCUT2D eigenvalue weighted by Crippen LogP contribution is 2.65. The average molecular weight is 415 g/mol. The molecule has 0 aromatic carbocycles. The van der Waals surface area contributed by atoms with Gasteiger partial charge >= 0.3 is 0 Å². The zero-order valence-electron chi connectivity index (χ0n) is 21.0. The van der Waals surface area contributed by atoms with E-state index in [4.69, 9.17) is 0 Å². The molecule has 172 valence electrons. The Morgan fingerprint density at radius 1 is 0.967 bits per heavy atom. The van der Waals surface area contributed by atoms with Gasteiger partial charge in [-0.15, -0.1) is 0 Å². The van der Waals surface area contributed by atoms with Gasteiger partial charge in [-0.1, -0.05) is 65.5 Å². The number of allylic oxidation sites excluding steroid dienone is 2. The quantitative estimate of drug-likeness (QED) is 0.434. The second kappa shape index (κ2) is 8.57. The Balaban J connectivity index is 1.52. The van der Waals surface area contributed by atoms with E-state index >= 15 is 0 Å². The summed E-state index contributed by atoms with van der Waals surface area (Å²) in [4.78, 5) is 0. The lowest BCUT2D eigenvalue weighted by Gasteiger charge is -2.56. The summed E-state index contributed by atoms with van der Waals surface area (Å²) in [6.07, 6.45) is 15.9. The molecule has 0 bridgehead atoms. The normalized spacial score (nSPS) is 43.2. The van der Waals surface area contributed by atoms with Gasteiger partial charge in [0, 0.05) is 0 Å². The molecule has 0 amide bonds. The minimum absolute atomic E-state index is 0.0272. The van der Waals surface area contributed by atoms with E-state index in [0.29, 0.717) is 10.8 Å². The first-order valence-electron chi connectivity index (χ1n) is 13.6. The molecule has 0 aliphatic heterocycles. The van der Waals surface area contributed by atoms with Gasteiger partial charge in [0.1, 0.15) is 0 Å². The second-order valence-electron chi connectivity index (χ2n) is 12.8. The summed E-state index contributed by atoms with van der Waals surface area (Å²) >= 11 is 0. The summed E-state index contributed by atoms with van der Waals surface area (Å²) in [6, 6.07) is 0. The van der Waals surface area contributed by atoms with E-state index in [1.54, 1.807) is 0 Å². The van der Waals surface area contributed by atoms with Crippen LogP contribution in [0.5, 0.6) is 0 Å². The largest absolute Gasteiger partial charge is 0.393 e. The number of aliphatic hydroxyl groups excluding tert-OH is 1. The molecular formula is C29H50O. The van der Waals surface area contributed by atoms with Gasteiger partial charge in [-0.3, -0.25) is 0 Å². The number of aliphatic hydroxyl groups is 1. The lowest BCUT2D eigenvalue weighted by Crippen LogP contribution is -2.48. The monoisotopic (exact) mass is 414 g/mol. The first-order chi connectivity index (χ1) is 14.2. The van der Waals surface area contributed by atoms with E-state index in [9.17, 15) is 5.11 Å². The fourth-order valence-corrected chi connectivity index (χ4v) is 9.11. The van der Waals surface area contributed by atoms with E-state index < -0.39 is 0 Å². The van der Waals surface area contributed by atoms with E-state index in [1.807, 2.05) is 11.1 Å². The average Bonchev–Trinajstić information content (AvgIpc) is 3.06. The van der Waals surface area contributed by atoms with Crippen LogP contribution in [-0.2, 0) is 0 Å². The van der Waals surface area contributed by atoms with Gasteiger partial charge in [0.15, 0.2) is 0 Å². The van der Waals surface area contributed by atoms with Gasteiger partial charge in [-0.25, -0.2) is 0 Å². The van der Waals surface area contributed by atoms with Crippen LogP contribution in [0.15, 0.2) is 11.1 Å². The summed E-state index contributed by atoms with van der Waals surface area (Å²) in [5.41, 5.74) is 4.80. The third kappa shape index (κ3) is 3.74. The molecule has 0 aromatic heterocycles. The minimum atomic E-state index is -0.0272. The Bertz CT molecular complexity index is 647. The molecule has 0 unspecified atom stereocenters. The molecule has 3 fully saturated rings. The zero-order chi connectivity index (χ0) is 21.7. The molecule has 0 saturated heterocycles. The van der Waals surface area contributed by atoms with Crippen molar-refractivity contribution >= 4 is 0 Å². The van der Waals surface area contributed by atoms with Crippen LogP contribution >= 0.6 is 0 Å². The molecular weight excluding hydrogens is 364 g/mol. The van der Waals surface area contributed by atoms with Crippen LogP contribution < -0.4 is 0 Å². The topological polar surface area (TPSA) is 20.2 Å². The van der Waals surface area contributed by atoms with Crippen LogP contribution in [0.4, 0.5) is 0 Å². The zero-order valence-corrected chi connectivity index (χ0v) is 21.0. The first-order valence-corrected chi connectivity index (χ1v) is 13.6. The molecule has 0 heterocycles. The molecule has 4 aliphatic carbocycles. The van der Waals surface area contributed by atoms with Crippen LogP contribution in [0.2, 0.25) is 0 Å². The Morgan fingerprint density at radius 3 is 2.43 bits per heavy atom. The van der Waals surface area contributed by atoms with Gasteiger partial charge < -0.3 is 5.11 Å². The van der Waals surface area contributed by atoms with Crippen molar-refractivity contribution in [1.82, 2.24) is 0 Å². The SMILES string of the molecule is CC[C@H](CC[C@@H](C)[C@@H]1CCC2=C3CC[C@H]4C[C@H](O)CC[C@]4(C)[C@H]3CC[C@@]21C)C(C)C. The van der Waals surface area contributed by atoms with Gasteiger partial charge in [0.05, 0.1) is 6.10 Å². The Kier molecular flexibility index (Phi) is 6.53. The molecule has 0 spiro atoms. The summed E-state index contributed by atoms with van der Waals surface area (Å²) in [5, 5.41) is 10.3. The van der Waals surface area contributed by atoms with Crippen LogP contribution in [-0.4, -0.2) is 11.2 Å². The van der Waals surface area contributed by atoms with Crippen LogP contribution in [0, 0.1) is 46.3 Å². The minimum Gasteiger partial charge on any atom is -0.393 e. The Hall–Kier alpha value is -0.300. The fourth-order valence-electron chi connectivity index (χ4n) is 9.11. The van der Waals surface area contributed by atoms with E-state index in [-0.39, 0.29) is 6.10 Å². The highest BCUT2D eigenvalue weighted by Gasteiger charge is 2.55. The predicted octanol–water partition coefficient (Wildman–Crippen LogP) is 8.17. The van der Waals surface area contributed by atoms with Crippen molar-refractivity contribution < 1.29 is 5.11 Å². The van der Waals surface area contributed by atoms with Crippen molar-refractivity contribution in [3.63, 3.8) is 0 Å². The van der Waals surface area contributed by atoms with Crippen molar-refractivity contribution in [2.24, 2.45) is 46.3 Å². The third-order valence-corrected chi connectivity index (χ3v) is 11.2. The summed E-state index contributed by atoms with van der Waals surface area (Å²) in [7, 11) is 0. The van der Waals surface area contributed by atoms with Gasteiger partial charge in [0.25, 0.3) is 0 Å². The molecule has 0 aromatic rings. The van der Waals surface area contributed by atoms with Crippen LogP contribution in [0.25, 0.3) is 0 Å². The third-order valence-electron chi connectivity index (χ3n) is 11.2. The molecule has 8 atom stereocenters. The van der Waals surface area contributed by atoms with Crippen molar-refractivity contribution in [2.45, 2.75) is 125 Å².